The topological polar surface area (TPSA) is 12.0 Å². The molecule has 0 radical (unpaired) electrons. The van der Waals surface area contributed by atoms with E-state index in [1.165, 1.54) is 76.1 Å². The Morgan fingerprint density at radius 1 is 0.267 bits per heavy atom. The van der Waals surface area contributed by atoms with Gasteiger partial charge < -0.3 is 5.32 Å². The summed E-state index contributed by atoms with van der Waals surface area (Å²) in [6.45, 7) is 0. The van der Waals surface area contributed by atoms with Crippen molar-refractivity contribution in [3.8, 4) is 22.3 Å². The second-order valence-electron chi connectivity index (χ2n) is 11.9. The van der Waals surface area contributed by atoms with Crippen molar-refractivity contribution in [2.24, 2.45) is 0 Å². The van der Waals surface area contributed by atoms with E-state index in [0.29, 0.717) is 0 Å². The first kappa shape index (κ1) is 25.6. The van der Waals surface area contributed by atoms with Gasteiger partial charge in [-0.15, -0.1) is 0 Å². The Hall–Kier alpha value is -5.92. The molecule has 210 valence electrons. The highest BCUT2D eigenvalue weighted by Gasteiger charge is 2.12. The van der Waals surface area contributed by atoms with Gasteiger partial charge in [-0.05, 0) is 113 Å². The van der Waals surface area contributed by atoms with Crippen molar-refractivity contribution in [2.75, 3.05) is 5.32 Å². The largest absolute Gasteiger partial charge is 0.355 e. The summed E-state index contributed by atoms with van der Waals surface area (Å²) in [5, 5.41) is 16.3. The van der Waals surface area contributed by atoms with Crippen molar-refractivity contribution in [1.29, 1.82) is 0 Å². The standard InChI is InChI=1S/C44H29N/c1-4-14-37-30(10-1)13-9-19-41(37)44-28-36(25-31-11-2-6-16-39(31)44)45-35-23-22-29-20-21-33(24-34(29)26-35)43-27-32-12-3-5-15-38(32)40-17-7-8-18-42(40)43/h1-28,45H. The Kier molecular flexibility index (Phi) is 5.89. The third kappa shape index (κ3) is 4.41. The number of hydrogen-bond donors (Lipinski definition) is 1. The molecule has 0 spiro atoms. The van der Waals surface area contributed by atoms with Crippen LogP contribution in [0.1, 0.15) is 0 Å². The molecule has 0 atom stereocenters. The summed E-state index contributed by atoms with van der Waals surface area (Å²) in [5.41, 5.74) is 7.12. The first-order chi connectivity index (χ1) is 22.3. The Labute approximate surface area is 262 Å². The van der Waals surface area contributed by atoms with Gasteiger partial charge in [-0.25, -0.2) is 0 Å². The van der Waals surface area contributed by atoms with Crippen LogP contribution in [0, 0.1) is 0 Å². The van der Waals surface area contributed by atoms with Crippen molar-refractivity contribution >= 4 is 65.2 Å². The van der Waals surface area contributed by atoms with Gasteiger partial charge in [-0.3, -0.25) is 0 Å². The maximum Gasteiger partial charge on any atom is 0.0396 e. The van der Waals surface area contributed by atoms with E-state index in [-0.39, 0.29) is 0 Å². The summed E-state index contributed by atoms with van der Waals surface area (Å²) in [6.07, 6.45) is 0. The molecular weight excluding hydrogens is 542 g/mol. The summed E-state index contributed by atoms with van der Waals surface area (Å²) in [7, 11) is 0. The van der Waals surface area contributed by atoms with Gasteiger partial charge in [0.25, 0.3) is 0 Å². The maximum absolute atomic E-state index is 3.76. The Balaban J connectivity index is 1.15. The van der Waals surface area contributed by atoms with Crippen LogP contribution in [-0.2, 0) is 0 Å². The fourth-order valence-corrected chi connectivity index (χ4v) is 7.02. The summed E-state index contributed by atoms with van der Waals surface area (Å²) in [4.78, 5) is 0. The zero-order valence-corrected chi connectivity index (χ0v) is 24.7. The van der Waals surface area contributed by atoms with Crippen LogP contribution in [0.2, 0.25) is 0 Å². The number of benzene rings is 9. The molecule has 0 aliphatic carbocycles. The summed E-state index contributed by atoms with van der Waals surface area (Å²) in [5.74, 6) is 0. The second kappa shape index (κ2) is 10.4. The SMILES string of the molecule is c1ccc2c(-c3cc(Nc4ccc5ccc(-c6cc7ccccc7c7ccccc67)cc5c4)cc4ccccc34)cccc2c1. The number of rotatable bonds is 4. The number of hydrogen-bond acceptors (Lipinski definition) is 1. The van der Waals surface area contributed by atoms with Crippen LogP contribution in [0.25, 0.3) is 76.1 Å². The molecule has 1 nitrogen and oxygen atoms in total. The fraction of sp³-hybridized carbons (Fsp3) is 0. The predicted molar refractivity (Wildman–Crippen MR) is 195 cm³/mol. The smallest absolute Gasteiger partial charge is 0.0396 e. The minimum atomic E-state index is 1.07. The molecule has 9 aromatic rings. The average Bonchev–Trinajstić information content (AvgIpc) is 3.10. The van der Waals surface area contributed by atoms with Crippen molar-refractivity contribution in [3.63, 3.8) is 0 Å². The molecule has 45 heavy (non-hydrogen) atoms. The molecule has 1 N–H and O–H groups in total. The average molecular weight is 572 g/mol. The van der Waals surface area contributed by atoms with Gasteiger partial charge in [-0.2, -0.15) is 0 Å². The van der Waals surface area contributed by atoms with E-state index in [9.17, 15) is 0 Å². The monoisotopic (exact) mass is 571 g/mol. The minimum Gasteiger partial charge on any atom is -0.355 e. The van der Waals surface area contributed by atoms with Gasteiger partial charge in [0.1, 0.15) is 0 Å². The molecule has 0 aliphatic heterocycles. The zero-order valence-electron chi connectivity index (χ0n) is 24.7. The molecule has 0 amide bonds. The molecule has 0 saturated heterocycles. The van der Waals surface area contributed by atoms with Crippen molar-refractivity contribution in [3.05, 3.63) is 170 Å². The third-order valence-corrected chi connectivity index (χ3v) is 9.15. The van der Waals surface area contributed by atoms with Gasteiger partial charge in [0.15, 0.2) is 0 Å². The molecule has 0 saturated carbocycles. The quantitative estimate of drug-likeness (QED) is 0.207. The molecule has 0 aliphatic rings. The minimum absolute atomic E-state index is 1.07. The van der Waals surface area contributed by atoms with Crippen LogP contribution in [0.4, 0.5) is 11.4 Å². The molecule has 0 aromatic heterocycles. The summed E-state index contributed by atoms with van der Waals surface area (Å²) >= 11 is 0. The number of fused-ring (bicyclic) bond motifs is 6. The highest BCUT2D eigenvalue weighted by molar-refractivity contribution is 6.14. The van der Waals surface area contributed by atoms with E-state index in [1.54, 1.807) is 0 Å². The number of anilines is 2. The van der Waals surface area contributed by atoms with Crippen LogP contribution < -0.4 is 5.32 Å². The Morgan fingerprint density at radius 3 is 1.69 bits per heavy atom. The van der Waals surface area contributed by atoms with E-state index < -0.39 is 0 Å². The van der Waals surface area contributed by atoms with Gasteiger partial charge in [0.2, 0.25) is 0 Å². The molecule has 1 heteroatoms. The van der Waals surface area contributed by atoms with Gasteiger partial charge >= 0.3 is 0 Å². The van der Waals surface area contributed by atoms with Crippen molar-refractivity contribution in [1.82, 2.24) is 0 Å². The molecule has 9 rings (SSSR count). The van der Waals surface area contributed by atoms with Gasteiger partial charge in [0.05, 0.1) is 0 Å². The molecule has 0 unspecified atom stereocenters. The summed E-state index contributed by atoms with van der Waals surface area (Å²) < 4.78 is 0. The number of nitrogens with one attached hydrogen (secondary N) is 1. The van der Waals surface area contributed by atoms with Crippen molar-refractivity contribution < 1.29 is 0 Å². The lowest BCUT2D eigenvalue weighted by molar-refractivity contribution is 1.58. The van der Waals surface area contributed by atoms with Crippen LogP contribution in [-0.4, -0.2) is 0 Å². The molecular formula is C44H29N. The normalized spacial score (nSPS) is 11.6. The fourth-order valence-electron chi connectivity index (χ4n) is 7.02. The van der Waals surface area contributed by atoms with Gasteiger partial charge in [0, 0.05) is 11.4 Å². The van der Waals surface area contributed by atoms with E-state index >= 15 is 0 Å². The highest BCUT2D eigenvalue weighted by Crippen LogP contribution is 2.39. The van der Waals surface area contributed by atoms with Crippen molar-refractivity contribution in [2.45, 2.75) is 0 Å². The second-order valence-corrected chi connectivity index (χ2v) is 11.9. The lowest BCUT2D eigenvalue weighted by Gasteiger charge is -2.15. The molecule has 0 fully saturated rings. The first-order valence-corrected chi connectivity index (χ1v) is 15.5. The van der Waals surface area contributed by atoms with E-state index in [4.69, 9.17) is 0 Å². The predicted octanol–water partition coefficient (Wildman–Crippen LogP) is 12.5. The van der Waals surface area contributed by atoms with E-state index in [2.05, 4.69) is 175 Å². The van der Waals surface area contributed by atoms with Crippen LogP contribution in [0.5, 0.6) is 0 Å². The van der Waals surface area contributed by atoms with Crippen LogP contribution in [0.3, 0.4) is 0 Å². The summed E-state index contributed by atoms with van der Waals surface area (Å²) in [6, 6.07) is 61.7. The molecule has 0 heterocycles. The van der Waals surface area contributed by atoms with E-state index in [1.807, 2.05) is 0 Å². The zero-order chi connectivity index (χ0) is 29.7. The van der Waals surface area contributed by atoms with Crippen LogP contribution in [0.15, 0.2) is 170 Å². The highest BCUT2D eigenvalue weighted by atomic mass is 14.9. The van der Waals surface area contributed by atoms with Crippen LogP contribution >= 0.6 is 0 Å². The first-order valence-electron chi connectivity index (χ1n) is 15.5. The van der Waals surface area contributed by atoms with E-state index in [0.717, 1.165) is 11.4 Å². The maximum atomic E-state index is 3.76. The van der Waals surface area contributed by atoms with Gasteiger partial charge in [-0.1, -0.05) is 133 Å². The lowest BCUT2D eigenvalue weighted by atomic mass is 9.92. The lowest BCUT2D eigenvalue weighted by Crippen LogP contribution is -1.93. The Bertz CT molecular complexity index is 2570. The Morgan fingerprint density at radius 2 is 0.867 bits per heavy atom. The molecule has 0 bridgehead atoms. The third-order valence-electron chi connectivity index (χ3n) is 9.15. The molecule has 9 aromatic carbocycles.